The van der Waals surface area contributed by atoms with Gasteiger partial charge >= 0.3 is 6.09 Å². The smallest absolute Gasteiger partial charge is 0.411 e. The number of fused-ring (bicyclic) bond motifs is 3. The van der Waals surface area contributed by atoms with Gasteiger partial charge < -0.3 is 24.4 Å². The maximum atomic E-state index is 14.4. The van der Waals surface area contributed by atoms with Crippen LogP contribution in [0.3, 0.4) is 0 Å². The lowest BCUT2D eigenvalue weighted by atomic mass is 9.88. The maximum absolute atomic E-state index is 14.4. The molecule has 41 heavy (non-hydrogen) atoms. The van der Waals surface area contributed by atoms with Crippen LogP contribution in [0.15, 0.2) is 95.9 Å². The molecule has 10 heteroatoms. The zero-order chi connectivity index (χ0) is 29.2. The van der Waals surface area contributed by atoms with Crippen LogP contribution in [0.5, 0.6) is 0 Å². The molecular formula is C31H33NO8S. The first-order valence-electron chi connectivity index (χ1n) is 13.6. The largest absolute Gasteiger partial charge is 0.444 e. The number of benzene rings is 3. The van der Waals surface area contributed by atoms with Crippen molar-refractivity contribution in [3.8, 4) is 0 Å². The molecule has 0 aliphatic carbocycles. The van der Waals surface area contributed by atoms with Gasteiger partial charge in [-0.1, -0.05) is 78.9 Å². The summed E-state index contributed by atoms with van der Waals surface area (Å²) in [6.07, 6.45) is -5.58. The van der Waals surface area contributed by atoms with Crippen molar-refractivity contribution in [3.63, 3.8) is 0 Å². The van der Waals surface area contributed by atoms with Crippen LogP contribution in [0, 0.1) is 0 Å². The number of rotatable bonds is 4. The number of carbonyl (C=O) groups excluding carboxylic acids is 1. The second-order valence-corrected chi connectivity index (χ2v) is 13.8. The molecule has 1 amide bonds. The van der Waals surface area contributed by atoms with Crippen LogP contribution in [0.25, 0.3) is 0 Å². The van der Waals surface area contributed by atoms with Crippen molar-refractivity contribution < 1.29 is 37.6 Å². The Labute approximate surface area is 239 Å². The highest BCUT2D eigenvalue weighted by Gasteiger charge is 2.79. The molecule has 0 saturated carbocycles. The molecule has 6 rings (SSSR count). The van der Waals surface area contributed by atoms with Gasteiger partial charge in [0.2, 0.25) is 5.79 Å². The minimum Gasteiger partial charge on any atom is -0.444 e. The van der Waals surface area contributed by atoms with E-state index < -0.39 is 69.1 Å². The number of nitrogens with zero attached hydrogens (tertiary/aromatic N) is 1. The Morgan fingerprint density at radius 3 is 1.73 bits per heavy atom. The van der Waals surface area contributed by atoms with Crippen LogP contribution < -0.4 is 0 Å². The van der Waals surface area contributed by atoms with Crippen molar-refractivity contribution in [2.75, 3.05) is 0 Å². The van der Waals surface area contributed by atoms with Crippen LogP contribution in [-0.2, 0) is 24.0 Å². The summed E-state index contributed by atoms with van der Waals surface area (Å²) >= 11 is 0. The van der Waals surface area contributed by atoms with Crippen molar-refractivity contribution in [1.82, 2.24) is 4.90 Å². The summed E-state index contributed by atoms with van der Waals surface area (Å²) in [4.78, 5) is 14.7. The van der Waals surface area contributed by atoms with Crippen molar-refractivity contribution >= 4 is 15.9 Å². The molecule has 0 unspecified atom stereocenters. The molecule has 7 atom stereocenters. The van der Waals surface area contributed by atoms with E-state index in [2.05, 4.69) is 0 Å². The summed E-state index contributed by atoms with van der Waals surface area (Å²) < 4.78 is 48.0. The third kappa shape index (κ3) is 4.45. The quantitative estimate of drug-likeness (QED) is 0.479. The molecule has 3 aromatic rings. The molecule has 9 nitrogen and oxygen atoms in total. The second kappa shape index (κ2) is 9.92. The molecule has 2 N–H and O–H groups in total. The average molecular weight is 580 g/mol. The zero-order valence-electron chi connectivity index (χ0n) is 22.9. The van der Waals surface area contributed by atoms with Crippen LogP contribution >= 0.6 is 0 Å². The predicted octanol–water partition coefficient (Wildman–Crippen LogP) is 3.78. The van der Waals surface area contributed by atoms with E-state index >= 15 is 0 Å². The van der Waals surface area contributed by atoms with Gasteiger partial charge in [-0.05, 0) is 44.0 Å². The Bertz CT molecular complexity index is 1460. The first-order valence-corrected chi connectivity index (χ1v) is 15.1. The number of hydrogen-bond donors (Lipinski definition) is 2. The Morgan fingerprint density at radius 2 is 1.27 bits per heavy atom. The van der Waals surface area contributed by atoms with E-state index in [0.29, 0.717) is 0 Å². The predicted molar refractivity (Wildman–Crippen MR) is 148 cm³/mol. The first kappa shape index (κ1) is 27.9. The van der Waals surface area contributed by atoms with E-state index in [-0.39, 0.29) is 4.90 Å². The van der Waals surface area contributed by atoms with E-state index in [1.165, 1.54) is 12.1 Å². The molecule has 3 fully saturated rings. The fourth-order valence-corrected chi connectivity index (χ4v) is 8.54. The molecule has 3 aliphatic heterocycles. The van der Waals surface area contributed by atoms with Crippen molar-refractivity contribution in [2.45, 2.75) is 78.8 Å². The Hall–Kier alpha value is -3.28. The Balaban J connectivity index is 1.56. The van der Waals surface area contributed by atoms with Gasteiger partial charge in [0.1, 0.15) is 41.3 Å². The van der Waals surface area contributed by atoms with Crippen LogP contribution in [0.4, 0.5) is 4.79 Å². The molecular weight excluding hydrogens is 546 g/mol. The number of amides is 1. The first-order chi connectivity index (χ1) is 19.5. The van der Waals surface area contributed by atoms with Crippen molar-refractivity contribution in [3.05, 3.63) is 102 Å². The van der Waals surface area contributed by atoms with Gasteiger partial charge in [-0.15, -0.1) is 0 Å². The summed E-state index contributed by atoms with van der Waals surface area (Å²) in [6, 6.07) is 23.5. The van der Waals surface area contributed by atoms with Crippen molar-refractivity contribution in [2.24, 2.45) is 0 Å². The fourth-order valence-electron chi connectivity index (χ4n) is 6.37. The van der Waals surface area contributed by atoms with E-state index in [9.17, 15) is 23.4 Å². The third-order valence-corrected chi connectivity index (χ3v) is 10.1. The lowest BCUT2D eigenvalue weighted by Gasteiger charge is -2.40. The molecule has 3 saturated heterocycles. The highest BCUT2D eigenvalue weighted by molar-refractivity contribution is 7.92. The number of aliphatic hydroxyl groups excluding tert-OH is 2. The molecule has 2 bridgehead atoms. The van der Waals surface area contributed by atoms with Gasteiger partial charge in [-0.25, -0.2) is 13.2 Å². The molecule has 3 heterocycles. The standard InChI is InChI=1S/C31H33NO8S/c1-30(2,3)40-29(35)32-22-23(33)24(34)27(32)31(28(22)41(36,37)21-17-11-6-12-18-21)38-25(19-13-7-4-8-14-19)26(39-31)20-15-9-5-10-16-20/h4-18,22-28,33-34H,1-3H3/t22-,23+,24+,25-,26-,27+,28+/m1/s1. The summed E-state index contributed by atoms with van der Waals surface area (Å²) in [7, 11) is -4.31. The van der Waals surface area contributed by atoms with Gasteiger partial charge in [-0.2, -0.15) is 0 Å². The molecule has 0 radical (unpaired) electrons. The topological polar surface area (TPSA) is 123 Å². The van der Waals surface area contributed by atoms with Gasteiger partial charge in [0.15, 0.2) is 9.84 Å². The number of hydrogen-bond acceptors (Lipinski definition) is 8. The van der Waals surface area contributed by atoms with Gasteiger partial charge in [0.05, 0.1) is 10.9 Å². The molecule has 216 valence electrons. The van der Waals surface area contributed by atoms with E-state index in [1.54, 1.807) is 39.0 Å². The fraction of sp³-hybridized carbons (Fsp3) is 0.387. The maximum Gasteiger partial charge on any atom is 0.411 e. The van der Waals surface area contributed by atoms with Crippen LogP contribution in [0.1, 0.15) is 44.1 Å². The van der Waals surface area contributed by atoms with E-state index in [4.69, 9.17) is 14.2 Å². The Morgan fingerprint density at radius 1 is 0.805 bits per heavy atom. The van der Waals surface area contributed by atoms with Gasteiger partial charge in [0, 0.05) is 0 Å². The monoisotopic (exact) mass is 579 g/mol. The van der Waals surface area contributed by atoms with Gasteiger partial charge in [0.25, 0.3) is 0 Å². The summed E-state index contributed by atoms with van der Waals surface area (Å²) in [6.45, 7) is 5.05. The minimum absolute atomic E-state index is 0.0191. The number of aliphatic hydroxyl groups is 2. The number of ether oxygens (including phenoxy) is 3. The molecule has 1 spiro atoms. The molecule has 0 aromatic heterocycles. The number of carbonyl (C=O) groups is 1. The zero-order valence-corrected chi connectivity index (χ0v) is 23.7. The molecule has 3 aliphatic rings. The normalized spacial score (nSPS) is 30.6. The minimum atomic E-state index is -4.31. The highest BCUT2D eigenvalue weighted by Crippen LogP contribution is 2.60. The lowest BCUT2D eigenvalue weighted by Crippen LogP contribution is -2.64. The van der Waals surface area contributed by atoms with E-state index in [0.717, 1.165) is 16.0 Å². The summed E-state index contributed by atoms with van der Waals surface area (Å²) in [5.41, 5.74) is 0.540. The number of sulfone groups is 1. The third-order valence-electron chi connectivity index (χ3n) is 7.93. The average Bonchev–Trinajstić information content (AvgIpc) is 3.57. The summed E-state index contributed by atoms with van der Waals surface area (Å²) in [5, 5.41) is 21.0. The lowest BCUT2D eigenvalue weighted by molar-refractivity contribution is -0.217. The van der Waals surface area contributed by atoms with Crippen LogP contribution in [0.2, 0.25) is 0 Å². The van der Waals surface area contributed by atoms with Crippen molar-refractivity contribution in [1.29, 1.82) is 0 Å². The van der Waals surface area contributed by atoms with E-state index in [1.807, 2.05) is 60.7 Å². The summed E-state index contributed by atoms with van der Waals surface area (Å²) in [5.74, 6) is -2.03. The second-order valence-electron chi connectivity index (χ2n) is 11.7. The SMILES string of the molecule is CC(C)(C)OC(=O)N1[C@@H]2[C@H](O)[C@H](O)[C@H]1C1(O[C@H](c3ccccc3)[C@@H](c3ccccc3)O1)[C@H]2S(=O)(=O)c1ccccc1. The van der Waals surface area contributed by atoms with Crippen LogP contribution in [-0.4, -0.2) is 70.6 Å². The molecule has 3 aromatic carbocycles. The highest BCUT2D eigenvalue weighted by atomic mass is 32.2. The van der Waals surface area contributed by atoms with Gasteiger partial charge in [-0.3, -0.25) is 4.90 Å². The Kier molecular flexibility index (Phi) is 6.74.